The zero-order chi connectivity index (χ0) is 27.5. The van der Waals surface area contributed by atoms with Crippen LogP contribution in [0.5, 0.6) is 5.75 Å². The number of hydrogen-bond donors (Lipinski definition) is 2. The summed E-state index contributed by atoms with van der Waals surface area (Å²) in [5.74, 6) is -1.44. The Balaban J connectivity index is 1.41. The van der Waals surface area contributed by atoms with Gasteiger partial charge in [0.2, 0.25) is 5.91 Å². The van der Waals surface area contributed by atoms with E-state index >= 15 is 0 Å². The number of Topliss-reactive ketones (excluding diaryl/α,β-unsaturated/α-hetero) is 1. The Morgan fingerprint density at radius 2 is 1.72 bits per heavy atom. The average Bonchev–Trinajstić information content (AvgIpc) is 3.43. The lowest BCUT2D eigenvalue weighted by Crippen LogP contribution is -2.40. The van der Waals surface area contributed by atoms with Gasteiger partial charge in [0.15, 0.2) is 5.70 Å². The summed E-state index contributed by atoms with van der Waals surface area (Å²) in [7, 11) is 1.47. The zero-order valence-corrected chi connectivity index (χ0v) is 21.2. The number of fused-ring (bicyclic) bond motifs is 1. The highest BCUT2D eigenvalue weighted by atomic mass is 16.5. The van der Waals surface area contributed by atoms with Gasteiger partial charge in [0, 0.05) is 30.4 Å². The maximum atomic E-state index is 13.4. The lowest BCUT2D eigenvalue weighted by atomic mass is 9.97. The number of aromatic nitrogens is 2. The van der Waals surface area contributed by atoms with Crippen LogP contribution in [0.3, 0.4) is 0 Å². The Bertz CT molecular complexity index is 1650. The molecule has 0 bridgehead atoms. The van der Waals surface area contributed by atoms with E-state index in [-0.39, 0.29) is 5.56 Å². The molecule has 9 nitrogen and oxygen atoms in total. The Hall–Kier alpha value is -5.23. The van der Waals surface area contributed by atoms with Gasteiger partial charge in [0.05, 0.1) is 42.0 Å². The van der Waals surface area contributed by atoms with Gasteiger partial charge >= 0.3 is 0 Å². The molecule has 3 heterocycles. The van der Waals surface area contributed by atoms with E-state index < -0.39 is 17.6 Å². The number of carbonyl (C=O) groups is 3. The van der Waals surface area contributed by atoms with E-state index in [0.29, 0.717) is 65.1 Å². The number of piperidine rings is 1. The molecule has 194 valence electrons. The van der Waals surface area contributed by atoms with E-state index in [2.05, 4.69) is 14.8 Å². The first-order valence-electron chi connectivity index (χ1n) is 12.4. The van der Waals surface area contributed by atoms with Crippen LogP contribution in [0.2, 0.25) is 0 Å². The van der Waals surface area contributed by atoms with Crippen molar-refractivity contribution in [1.29, 1.82) is 0 Å². The molecular formula is C30H25N5O4. The van der Waals surface area contributed by atoms with Crippen LogP contribution < -0.4 is 10.5 Å². The van der Waals surface area contributed by atoms with Crippen LogP contribution in [0.25, 0.3) is 32.7 Å². The van der Waals surface area contributed by atoms with E-state index in [0.717, 1.165) is 11.1 Å². The Morgan fingerprint density at radius 3 is 2.33 bits per heavy atom. The van der Waals surface area contributed by atoms with Gasteiger partial charge in [0.1, 0.15) is 5.75 Å². The fourth-order valence-electron chi connectivity index (χ4n) is 4.88. The molecule has 4 aromatic rings. The summed E-state index contributed by atoms with van der Waals surface area (Å²) in [6.45, 7) is 8.35. The maximum Gasteiger partial charge on any atom is 0.295 e. The Morgan fingerprint density at radius 1 is 1.03 bits per heavy atom. The molecule has 39 heavy (non-hydrogen) atoms. The van der Waals surface area contributed by atoms with Crippen molar-refractivity contribution in [3.63, 3.8) is 0 Å². The third-order valence-corrected chi connectivity index (χ3v) is 6.92. The molecule has 0 saturated carbocycles. The predicted octanol–water partition coefficient (Wildman–Crippen LogP) is 4.47. The van der Waals surface area contributed by atoms with Gasteiger partial charge < -0.3 is 20.4 Å². The lowest BCUT2D eigenvalue weighted by Gasteiger charge is -2.28. The molecule has 3 N–H and O–H groups in total. The van der Waals surface area contributed by atoms with Crippen molar-refractivity contribution in [3.05, 3.63) is 101 Å². The van der Waals surface area contributed by atoms with Crippen molar-refractivity contribution in [2.24, 2.45) is 5.73 Å². The van der Waals surface area contributed by atoms with Crippen LogP contribution in [0.15, 0.2) is 72.6 Å². The number of ether oxygens (including phenoxy) is 1. The summed E-state index contributed by atoms with van der Waals surface area (Å²) < 4.78 is 5.48. The van der Waals surface area contributed by atoms with Crippen LogP contribution in [-0.2, 0) is 4.79 Å². The van der Waals surface area contributed by atoms with Gasteiger partial charge in [-0.3, -0.25) is 19.4 Å². The fraction of sp³-hybridized carbons (Fsp3) is 0.167. The minimum Gasteiger partial charge on any atom is -0.494 e. The molecule has 0 unspecified atom stereocenters. The molecular weight excluding hydrogens is 494 g/mol. The second kappa shape index (κ2) is 10.6. The first-order chi connectivity index (χ1) is 18.9. The van der Waals surface area contributed by atoms with Gasteiger partial charge in [-0.15, -0.1) is 0 Å². The number of primary amides is 1. The molecule has 0 radical (unpaired) electrons. The van der Waals surface area contributed by atoms with E-state index in [1.807, 2.05) is 30.3 Å². The van der Waals surface area contributed by atoms with E-state index in [4.69, 9.17) is 17.0 Å². The predicted molar refractivity (Wildman–Crippen MR) is 147 cm³/mol. The van der Waals surface area contributed by atoms with Crippen LogP contribution in [0.1, 0.15) is 39.1 Å². The summed E-state index contributed by atoms with van der Waals surface area (Å²) >= 11 is 0. The molecule has 1 saturated heterocycles. The number of carbonyl (C=O) groups excluding carboxylic acids is 3. The molecule has 0 atom stereocenters. The van der Waals surface area contributed by atoms with Gasteiger partial charge in [0.25, 0.3) is 11.7 Å². The van der Waals surface area contributed by atoms with Crippen molar-refractivity contribution >= 4 is 34.2 Å². The SMILES string of the molecule is [C-]#[N+]C(=C1CCN(C(=O)C(=O)c2c[nH]c3c(-c4ccc(C(N)=O)cc4)ncc(OC)c23)CC1)c1ccccc1. The van der Waals surface area contributed by atoms with Crippen LogP contribution in [0, 0.1) is 6.57 Å². The quantitative estimate of drug-likeness (QED) is 0.221. The minimum absolute atomic E-state index is 0.191. The minimum atomic E-state index is -0.651. The van der Waals surface area contributed by atoms with E-state index in [1.165, 1.54) is 24.4 Å². The number of rotatable bonds is 6. The number of nitrogens with zero attached hydrogens (tertiary/aromatic N) is 3. The molecule has 0 spiro atoms. The highest BCUT2D eigenvalue weighted by Gasteiger charge is 2.30. The van der Waals surface area contributed by atoms with Crippen LogP contribution >= 0.6 is 0 Å². The number of methoxy groups -OCH3 is 1. The van der Waals surface area contributed by atoms with Crippen LogP contribution in [0.4, 0.5) is 0 Å². The third-order valence-electron chi connectivity index (χ3n) is 6.92. The largest absolute Gasteiger partial charge is 0.494 e. The fourth-order valence-corrected chi connectivity index (χ4v) is 4.88. The highest BCUT2D eigenvalue weighted by molar-refractivity contribution is 6.45. The molecule has 2 aromatic carbocycles. The van der Waals surface area contributed by atoms with E-state index in [1.54, 1.807) is 24.3 Å². The van der Waals surface area contributed by atoms with Crippen molar-refractivity contribution in [3.8, 4) is 17.0 Å². The number of pyridine rings is 1. The van der Waals surface area contributed by atoms with E-state index in [9.17, 15) is 14.4 Å². The number of nitrogens with one attached hydrogen (secondary N) is 1. The number of amides is 2. The van der Waals surface area contributed by atoms with Crippen molar-refractivity contribution in [2.45, 2.75) is 12.8 Å². The van der Waals surface area contributed by atoms with Gasteiger partial charge in [-0.05, 0) is 30.5 Å². The number of nitrogens with two attached hydrogens (primary N) is 1. The molecule has 2 amide bonds. The molecule has 1 aliphatic heterocycles. The van der Waals surface area contributed by atoms with Crippen molar-refractivity contribution < 1.29 is 19.1 Å². The number of likely N-dealkylation sites (tertiary alicyclic amines) is 1. The number of hydrogen-bond acceptors (Lipinski definition) is 5. The lowest BCUT2D eigenvalue weighted by molar-refractivity contribution is -0.126. The molecule has 0 aliphatic carbocycles. The monoisotopic (exact) mass is 519 g/mol. The molecule has 1 fully saturated rings. The third kappa shape index (κ3) is 4.76. The number of ketones is 1. The number of aromatic amines is 1. The highest BCUT2D eigenvalue weighted by Crippen LogP contribution is 2.35. The molecule has 9 heteroatoms. The van der Waals surface area contributed by atoms with Gasteiger partial charge in [-0.1, -0.05) is 48.0 Å². The van der Waals surface area contributed by atoms with Crippen molar-refractivity contribution in [1.82, 2.24) is 14.9 Å². The standard InChI is InChI=1S/C30H25N5O4/c1-32-25(18-6-4-3-5-7-18)20-12-14-35(15-13-20)30(38)28(36)22-16-33-27-24(22)23(39-2)17-34-26(27)19-8-10-21(11-9-19)29(31)37/h3-11,16-17,33H,12-15H2,2H3,(H2,31,37). The maximum absolute atomic E-state index is 13.4. The average molecular weight is 520 g/mol. The smallest absolute Gasteiger partial charge is 0.295 e. The summed E-state index contributed by atoms with van der Waals surface area (Å²) in [5.41, 5.74) is 10.1. The van der Waals surface area contributed by atoms with Crippen LogP contribution in [-0.4, -0.2) is 52.7 Å². The number of H-pyrrole nitrogens is 1. The topological polar surface area (TPSA) is 123 Å². The summed E-state index contributed by atoms with van der Waals surface area (Å²) in [4.78, 5) is 51.0. The normalized spacial score (nSPS) is 13.1. The second-order valence-corrected chi connectivity index (χ2v) is 9.12. The number of benzene rings is 2. The first kappa shape index (κ1) is 25.4. The summed E-state index contributed by atoms with van der Waals surface area (Å²) in [6, 6.07) is 16.1. The molecule has 5 rings (SSSR count). The molecule has 2 aromatic heterocycles. The summed E-state index contributed by atoms with van der Waals surface area (Å²) in [5, 5.41) is 0.455. The summed E-state index contributed by atoms with van der Waals surface area (Å²) in [6.07, 6.45) is 4.05. The molecule has 1 aliphatic rings. The zero-order valence-electron chi connectivity index (χ0n) is 21.2. The Labute approximate surface area is 224 Å². The first-order valence-corrected chi connectivity index (χ1v) is 12.4. The Kier molecular flexibility index (Phi) is 6.93. The van der Waals surface area contributed by atoms with Gasteiger partial charge in [-0.2, -0.15) is 0 Å². The second-order valence-electron chi connectivity index (χ2n) is 9.12. The van der Waals surface area contributed by atoms with Crippen molar-refractivity contribution in [2.75, 3.05) is 20.2 Å². The van der Waals surface area contributed by atoms with Gasteiger partial charge in [-0.25, -0.2) is 4.85 Å².